The topological polar surface area (TPSA) is 117 Å². The summed E-state index contributed by atoms with van der Waals surface area (Å²) in [7, 11) is 1.60. The van der Waals surface area contributed by atoms with Crippen molar-refractivity contribution in [3.05, 3.63) is 53.3 Å². The summed E-state index contributed by atoms with van der Waals surface area (Å²) in [6.07, 6.45) is 4.44. The lowest BCUT2D eigenvalue weighted by atomic mass is 10.0. The number of nitrogens with zero attached hydrogens (tertiary/aromatic N) is 3. The largest absolute Gasteiger partial charge is 0.481 e. The lowest BCUT2D eigenvalue weighted by Crippen LogP contribution is -2.17. The van der Waals surface area contributed by atoms with E-state index in [-0.39, 0.29) is 11.4 Å². The molecule has 2 aromatic heterocycles. The van der Waals surface area contributed by atoms with E-state index < -0.39 is 5.91 Å². The summed E-state index contributed by atoms with van der Waals surface area (Å²) < 4.78 is 5.06. The van der Waals surface area contributed by atoms with E-state index in [1.54, 1.807) is 7.11 Å². The molecular weight excluding hydrogens is 318 g/mol. The Morgan fingerprint density at radius 3 is 2.68 bits per heavy atom. The Balaban J connectivity index is 1.77. The highest BCUT2D eigenvalue weighted by Crippen LogP contribution is 2.25. The van der Waals surface area contributed by atoms with Gasteiger partial charge in [-0.15, -0.1) is 10.2 Å². The summed E-state index contributed by atoms with van der Waals surface area (Å²) in [6.45, 7) is 0. The Bertz CT molecular complexity index is 909. The molecule has 1 amide bonds. The molecule has 4 N–H and O–H groups in total. The molecule has 0 aliphatic heterocycles. The lowest BCUT2D eigenvalue weighted by Gasteiger charge is -2.09. The second kappa shape index (κ2) is 7.12. The highest BCUT2D eigenvalue weighted by molar-refractivity contribution is 6.04. The standard InChI is InChI=1S/C18H19N5O2/c1-25-14-9-8-11(10-21-14)4-2-5-12-6-3-7-13-15(19)17(18(20)24)23-22-16(12)13/h3,6-10H,2,4-5H2,1H3,(H2,19,22)(H2,20,24). The van der Waals surface area contributed by atoms with E-state index in [2.05, 4.69) is 15.2 Å². The molecule has 0 unspecified atom stereocenters. The maximum absolute atomic E-state index is 11.3. The molecule has 1 aromatic carbocycles. The molecule has 0 aliphatic carbocycles. The van der Waals surface area contributed by atoms with Gasteiger partial charge in [-0.1, -0.05) is 24.3 Å². The number of carbonyl (C=O) groups is 1. The quantitative estimate of drug-likeness (QED) is 0.709. The Morgan fingerprint density at radius 2 is 2.00 bits per heavy atom. The summed E-state index contributed by atoms with van der Waals surface area (Å²) in [6, 6.07) is 9.57. The lowest BCUT2D eigenvalue weighted by molar-refractivity contribution is 0.0996. The zero-order valence-electron chi connectivity index (χ0n) is 13.9. The molecule has 3 rings (SSSR count). The Labute approximate surface area is 145 Å². The van der Waals surface area contributed by atoms with Gasteiger partial charge in [0.05, 0.1) is 18.3 Å². The number of hydrogen-bond donors (Lipinski definition) is 2. The van der Waals surface area contributed by atoms with Crippen molar-refractivity contribution < 1.29 is 9.53 Å². The van der Waals surface area contributed by atoms with E-state index >= 15 is 0 Å². The first-order valence-corrected chi connectivity index (χ1v) is 7.92. The van der Waals surface area contributed by atoms with Crippen molar-refractivity contribution in [3.8, 4) is 5.88 Å². The highest BCUT2D eigenvalue weighted by atomic mass is 16.5. The number of rotatable bonds is 6. The predicted octanol–water partition coefficient (Wildman–Crippen LogP) is 1.89. The SMILES string of the molecule is COc1ccc(CCCc2cccc3c(N)c(C(N)=O)nnc23)cn1. The van der Waals surface area contributed by atoms with Crippen LogP contribution in [0.3, 0.4) is 0 Å². The van der Waals surface area contributed by atoms with Crippen LogP contribution in [-0.2, 0) is 12.8 Å². The molecule has 2 heterocycles. The van der Waals surface area contributed by atoms with Crippen LogP contribution >= 0.6 is 0 Å². The molecule has 0 aliphatic rings. The van der Waals surface area contributed by atoms with Gasteiger partial charge in [-0.05, 0) is 30.4 Å². The normalized spacial score (nSPS) is 10.8. The average molecular weight is 337 g/mol. The van der Waals surface area contributed by atoms with Crippen molar-refractivity contribution in [2.45, 2.75) is 19.3 Å². The minimum Gasteiger partial charge on any atom is -0.481 e. The van der Waals surface area contributed by atoms with Crippen LogP contribution in [0, 0.1) is 0 Å². The Kier molecular flexibility index (Phi) is 4.74. The van der Waals surface area contributed by atoms with E-state index in [4.69, 9.17) is 16.2 Å². The number of fused-ring (bicyclic) bond motifs is 1. The molecule has 128 valence electrons. The first-order valence-electron chi connectivity index (χ1n) is 7.92. The predicted molar refractivity (Wildman–Crippen MR) is 95.3 cm³/mol. The third kappa shape index (κ3) is 3.50. The number of ether oxygens (including phenoxy) is 1. The second-order valence-electron chi connectivity index (χ2n) is 5.70. The van der Waals surface area contributed by atoms with E-state index in [1.807, 2.05) is 36.5 Å². The first kappa shape index (κ1) is 16.6. The number of anilines is 1. The van der Waals surface area contributed by atoms with Crippen molar-refractivity contribution in [3.63, 3.8) is 0 Å². The average Bonchev–Trinajstić information content (AvgIpc) is 2.63. The first-order chi connectivity index (χ1) is 12.1. The maximum Gasteiger partial charge on any atom is 0.271 e. The molecule has 25 heavy (non-hydrogen) atoms. The van der Waals surface area contributed by atoms with Crippen LogP contribution in [0.2, 0.25) is 0 Å². The van der Waals surface area contributed by atoms with Crippen LogP contribution in [0.25, 0.3) is 10.9 Å². The third-order valence-electron chi connectivity index (χ3n) is 4.07. The number of methoxy groups -OCH3 is 1. The van der Waals surface area contributed by atoms with Gasteiger partial charge in [0.15, 0.2) is 5.69 Å². The smallest absolute Gasteiger partial charge is 0.271 e. The number of nitrogen functional groups attached to an aromatic ring is 1. The zero-order chi connectivity index (χ0) is 17.8. The van der Waals surface area contributed by atoms with Crippen molar-refractivity contribution in [1.29, 1.82) is 0 Å². The number of benzene rings is 1. The van der Waals surface area contributed by atoms with Crippen LogP contribution < -0.4 is 16.2 Å². The number of carbonyl (C=O) groups excluding carboxylic acids is 1. The summed E-state index contributed by atoms with van der Waals surface area (Å²) in [5, 5.41) is 8.73. The van der Waals surface area contributed by atoms with E-state index in [9.17, 15) is 4.79 Å². The van der Waals surface area contributed by atoms with Crippen molar-refractivity contribution >= 4 is 22.5 Å². The summed E-state index contributed by atoms with van der Waals surface area (Å²) in [4.78, 5) is 15.6. The number of hydrogen-bond acceptors (Lipinski definition) is 6. The van der Waals surface area contributed by atoms with Gasteiger partial charge >= 0.3 is 0 Å². The fourth-order valence-electron chi connectivity index (χ4n) is 2.75. The summed E-state index contributed by atoms with van der Waals surface area (Å²) >= 11 is 0. The van der Waals surface area contributed by atoms with Gasteiger partial charge in [0.2, 0.25) is 5.88 Å². The monoisotopic (exact) mass is 337 g/mol. The molecule has 0 saturated heterocycles. The fourth-order valence-corrected chi connectivity index (χ4v) is 2.75. The summed E-state index contributed by atoms with van der Waals surface area (Å²) in [5.41, 5.74) is 14.5. The molecule has 0 saturated carbocycles. The molecule has 7 nitrogen and oxygen atoms in total. The number of aryl methyl sites for hydroxylation is 2. The van der Waals surface area contributed by atoms with E-state index in [1.165, 1.54) is 0 Å². The van der Waals surface area contributed by atoms with E-state index in [0.29, 0.717) is 16.8 Å². The molecule has 3 aromatic rings. The van der Waals surface area contributed by atoms with Gasteiger partial charge in [-0.2, -0.15) is 0 Å². The third-order valence-corrected chi connectivity index (χ3v) is 4.07. The van der Waals surface area contributed by atoms with Crippen molar-refractivity contribution in [1.82, 2.24) is 15.2 Å². The van der Waals surface area contributed by atoms with Crippen molar-refractivity contribution in [2.24, 2.45) is 5.73 Å². The van der Waals surface area contributed by atoms with Crippen LogP contribution in [0.4, 0.5) is 5.69 Å². The number of amides is 1. The van der Waals surface area contributed by atoms with Crippen LogP contribution in [0.1, 0.15) is 28.0 Å². The van der Waals surface area contributed by atoms with Crippen molar-refractivity contribution in [2.75, 3.05) is 12.8 Å². The van der Waals surface area contributed by atoms with Gasteiger partial charge in [-0.25, -0.2) is 4.98 Å². The molecule has 0 atom stereocenters. The summed E-state index contributed by atoms with van der Waals surface area (Å²) in [5.74, 6) is -0.0712. The minimum atomic E-state index is -0.677. The minimum absolute atomic E-state index is 0.00829. The Hall–Kier alpha value is -3.22. The van der Waals surface area contributed by atoms with Gasteiger partial charge in [-0.3, -0.25) is 4.79 Å². The van der Waals surface area contributed by atoms with Gasteiger partial charge in [0.1, 0.15) is 0 Å². The molecule has 0 spiro atoms. The highest BCUT2D eigenvalue weighted by Gasteiger charge is 2.14. The van der Waals surface area contributed by atoms with Gasteiger partial charge < -0.3 is 16.2 Å². The van der Waals surface area contributed by atoms with Crippen LogP contribution in [0.5, 0.6) is 5.88 Å². The molecular formula is C18H19N5O2. The van der Waals surface area contributed by atoms with Crippen LogP contribution in [-0.4, -0.2) is 28.2 Å². The van der Waals surface area contributed by atoms with E-state index in [0.717, 1.165) is 30.4 Å². The number of nitrogens with two attached hydrogens (primary N) is 2. The zero-order valence-corrected chi connectivity index (χ0v) is 13.9. The van der Waals surface area contributed by atoms with Gasteiger partial charge in [0, 0.05) is 17.6 Å². The van der Waals surface area contributed by atoms with Gasteiger partial charge in [0.25, 0.3) is 5.91 Å². The van der Waals surface area contributed by atoms with Crippen LogP contribution in [0.15, 0.2) is 36.5 Å². The fraction of sp³-hybridized carbons (Fsp3) is 0.222. The molecule has 0 fully saturated rings. The maximum atomic E-state index is 11.3. The number of aromatic nitrogens is 3. The molecule has 7 heteroatoms. The number of primary amides is 1. The number of pyridine rings is 1. The molecule has 0 radical (unpaired) electrons. The Morgan fingerprint density at radius 1 is 1.16 bits per heavy atom. The second-order valence-corrected chi connectivity index (χ2v) is 5.70. The molecule has 0 bridgehead atoms.